The molecule has 0 aliphatic carbocycles. The van der Waals surface area contributed by atoms with E-state index in [2.05, 4.69) is 29.6 Å². The van der Waals surface area contributed by atoms with E-state index in [0.717, 1.165) is 16.5 Å². The molecule has 4 nitrogen and oxygen atoms in total. The van der Waals surface area contributed by atoms with E-state index in [9.17, 15) is 9.18 Å². The van der Waals surface area contributed by atoms with Crippen molar-refractivity contribution in [3.63, 3.8) is 0 Å². The minimum atomic E-state index is -0.400. The maximum atomic E-state index is 13.8. The highest BCUT2D eigenvalue weighted by Gasteiger charge is 2.13. The van der Waals surface area contributed by atoms with E-state index >= 15 is 0 Å². The number of ether oxygens (including phenoxy) is 1. The molecule has 3 aromatic carbocycles. The molecule has 3 aromatic rings. The fraction of sp³-hybridized carbons (Fsp3) is 0.261. The van der Waals surface area contributed by atoms with Gasteiger partial charge in [0, 0.05) is 6.54 Å². The Morgan fingerprint density at radius 1 is 1.11 bits per heavy atom. The van der Waals surface area contributed by atoms with Crippen LogP contribution in [0, 0.1) is 5.82 Å². The predicted molar refractivity (Wildman–Crippen MR) is 110 cm³/mol. The Bertz CT molecular complexity index is 974. The van der Waals surface area contributed by atoms with E-state index in [1.807, 2.05) is 37.1 Å². The van der Waals surface area contributed by atoms with E-state index in [1.165, 1.54) is 18.6 Å². The zero-order valence-electron chi connectivity index (χ0n) is 16.4. The van der Waals surface area contributed by atoms with Crippen molar-refractivity contribution in [2.45, 2.75) is 19.5 Å². The maximum absolute atomic E-state index is 13.8. The average Bonchev–Trinajstić information content (AvgIpc) is 2.67. The molecule has 3 rings (SSSR count). The predicted octanol–water partition coefficient (Wildman–Crippen LogP) is 4.30. The van der Waals surface area contributed by atoms with Crippen molar-refractivity contribution in [3.05, 3.63) is 77.6 Å². The van der Waals surface area contributed by atoms with Crippen molar-refractivity contribution in [1.29, 1.82) is 0 Å². The number of hydrogen-bond acceptors (Lipinski definition) is 3. The van der Waals surface area contributed by atoms with Crippen LogP contribution in [0.3, 0.4) is 0 Å². The van der Waals surface area contributed by atoms with Crippen LogP contribution in [0.1, 0.15) is 24.1 Å². The maximum Gasteiger partial charge on any atom is 0.234 e. The van der Waals surface area contributed by atoms with Crippen molar-refractivity contribution in [2.75, 3.05) is 20.7 Å². The topological polar surface area (TPSA) is 41.6 Å². The summed E-state index contributed by atoms with van der Waals surface area (Å²) in [6.07, 6.45) is 0. The van der Waals surface area contributed by atoms with Crippen molar-refractivity contribution < 1.29 is 13.9 Å². The number of nitrogens with one attached hydrogen (secondary N) is 1. The third-order valence-electron chi connectivity index (χ3n) is 4.73. The van der Waals surface area contributed by atoms with Crippen LogP contribution in [0.4, 0.5) is 4.39 Å². The van der Waals surface area contributed by atoms with Gasteiger partial charge in [-0.2, -0.15) is 0 Å². The van der Waals surface area contributed by atoms with Gasteiger partial charge >= 0.3 is 0 Å². The molecule has 0 aliphatic rings. The van der Waals surface area contributed by atoms with E-state index in [-0.39, 0.29) is 24.2 Å². The van der Waals surface area contributed by atoms with Gasteiger partial charge < -0.3 is 10.1 Å². The number of rotatable bonds is 7. The Morgan fingerprint density at radius 3 is 2.57 bits per heavy atom. The molecule has 0 radical (unpaired) electrons. The number of benzene rings is 3. The second kappa shape index (κ2) is 8.85. The van der Waals surface area contributed by atoms with Crippen LogP contribution >= 0.6 is 0 Å². The summed E-state index contributed by atoms with van der Waals surface area (Å²) < 4.78 is 18.7. The molecule has 5 heteroatoms. The summed E-state index contributed by atoms with van der Waals surface area (Å²) in [5.41, 5.74) is 1.85. The summed E-state index contributed by atoms with van der Waals surface area (Å²) in [6.45, 7) is 2.67. The Labute approximate surface area is 164 Å². The van der Waals surface area contributed by atoms with Gasteiger partial charge in [-0.3, -0.25) is 9.69 Å². The molecule has 28 heavy (non-hydrogen) atoms. The normalized spacial score (nSPS) is 12.2. The Balaban J connectivity index is 1.57. The SMILES string of the molecule is COc1ccc(CN(C)CC(=O)N[C@@H](C)c2ccc3ccccc3c2)cc1F. The van der Waals surface area contributed by atoms with Gasteiger partial charge in [-0.05, 0) is 54.1 Å². The molecule has 0 spiro atoms. The molecule has 0 bridgehead atoms. The van der Waals surface area contributed by atoms with Gasteiger partial charge in [-0.1, -0.05) is 42.5 Å². The number of nitrogens with zero attached hydrogens (tertiary/aromatic N) is 1. The molecule has 0 aromatic heterocycles. The molecule has 0 saturated carbocycles. The summed E-state index contributed by atoms with van der Waals surface area (Å²) in [7, 11) is 3.27. The summed E-state index contributed by atoms with van der Waals surface area (Å²) in [4.78, 5) is 14.3. The van der Waals surface area contributed by atoms with Crippen molar-refractivity contribution in [1.82, 2.24) is 10.2 Å². The van der Waals surface area contributed by atoms with Gasteiger partial charge in [0.2, 0.25) is 5.91 Å². The van der Waals surface area contributed by atoms with Crippen LogP contribution in [-0.4, -0.2) is 31.5 Å². The van der Waals surface area contributed by atoms with Crippen LogP contribution in [0.5, 0.6) is 5.75 Å². The van der Waals surface area contributed by atoms with Crippen molar-refractivity contribution >= 4 is 16.7 Å². The summed E-state index contributed by atoms with van der Waals surface area (Å²) in [5.74, 6) is -0.256. The van der Waals surface area contributed by atoms with E-state index < -0.39 is 5.82 Å². The molecule has 146 valence electrons. The van der Waals surface area contributed by atoms with Crippen LogP contribution in [0.2, 0.25) is 0 Å². The number of carbonyl (C=O) groups excluding carboxylic acids is 1. The fourth-order valence-electron chi connectivity index (χ4n) is 3.27. The Hall–Kier alpha value is -2.92. The minimum absolute atomic E-state index is 0.0721. The third-order valence-corrected chi connectivity index (χ3v) is 4.73. The number of methoxy groups -OCH3 is 1. The first-order valence-corrected chi connectivity index (χ1v) is 9.25. The second-order valence-electron chi connectivity index (χ2n) is 7.04. The van der Waals surface area contributed by atoms with E-state index in [1.54, 1.807) is 12.1 Å². The first-order chi connectivity index (χ1) is 13.5. The lowest BCUT2D eigenvalue weighted by atomic mass is 10.0. The quantitative estimate of drug-likeness (QED) is 0.665. The molecule has 0 aliphatic heterocycles. The molecule has 0 heterocycles. The lowest BCUT2D eigenvalue weighted by Gasteiger charge is -2.20. The molecular formula is C23H25FN2O2. The Morgan fingerprint density at radius 2 is 1.86 bits per heavy atom. The lowest BCUT2D eigenvalue weighted by molar-refractivity contribution is -0.122. The number of likely N-dealkylation sites (N-methyl/N-ethyl adjacent to an activating group) is 1. The van der Waals surface area contributed by atoms with E-state index in [0.29, 0.717) is 6.54 Å². The number of amides is 1. The molecule has 1 atom stereocenters. The highest BCUT2D eigenvalue weighted by molar-refractivity contribution is 5.83. The van der Waals surface area contributed by atoms with Gasteiger partial charge in [0.15, 0.2) is 11.6 Å². The van der Waals surface area contributed by atoms with Crippen LogP contribution < -0.4 is 10.1 Å². The second-order valence-corrected chi connectivity index (χ2v) is 7.04. The Kier molecular flexibility index (Phi) is 6.26. The van der Waals surface area contributed by atoms with Gasteiger partial charge in [0.05, 0.1) is 19.7 Å². The van der Waals surface area contributed by atoms with Gasteiger partial charge in [-0.25, -0.2) is 4.39 Å². The zero-order chi connectivity index (χ0) is 20.1. The van der Waals surface area contributed by atoms with Crippen molar-refractivity contribution in [2.24, 2.45) is 0 Å². The fourth-order valence-corrected chi connectivity index (χ4v) is 3.27. The number of hydrogen-bond donors (Lipinski definition) is 1. The van der Waals surface area contributed by atoms with Crippen molar-refractivity contribution in [3.8, 4) is 5.75 Å². The minimum Gasteiger partial charge on any atom is -0.494 e. The van der Waals surface area contributed by atoms with Gasteiger partial charge in [-0.15, -0.1) is 0 Å². The first-order valence-electron chi connectivity index (χ1n) is 9.25. The number of fused-ring (bicyclic) bond motifs is 1. The number of halogens is 1. The molecule has 1 amide bonds. The first kappa shape index (κ1) is 19.8. The molecule has 0 saturated heterocycles. The molecule has 0 unspecified atom stereocenters. The summed E-state index contributed by atoms with van der Waals surface area (Å²) >= 11 is 0. The molecule has 0 fully saturated rings. The summed E-state index contributed by atoms with van der Waals surface area (Å²) in [6, 6.07) is 19.1. The van der Waals surface area contributed by atoms with Crippen LogP contribution in [-0.2, 0) is 11.3 Å². The largest absolute Gasteiger partial charge is 0.494 e. The third kappa shape index (κ3) is 4.87. The highest BCUT2D eigenvalue weighted by Crippen LogP contribution is 2.21. The van der Waals surface area contributed by atoms with Crippen LogP contribution in [0.15, 0.2) is 60.7 Å². The molecule has 1 N–H and O–H groups in total. The smallest absolute Gasteiger partial charge is 0.234 e. The lowest BCUT2D eigenvalue weighted by Crippen LogP contribution is -2.36. The summed E-state index contributed by atoms with van der Waals surface area (Å²) in [5, 5.41) is 5.36. The monoisotopic (exact) mass is 380 g/mol. The average molecular weight is 380 g/mol. The van der Waals surface area contributed by atoms with E-state index in [4.69, 9.17) is 4.74 Å². The standard InChI is InChI=1S/C23H25FN2O2/c1-16(19-10-9-18-6-4-5-7-20(18)13-19)25-23(27)15-26(2)14-17-8-11-22(28-3)21(24)12-17/h4-13,16H,14-15H2,1-3H3,(H,25,27)/t16-/m0/s1. The zero-order valence-corrected chi connectivity index (χ0v) is 16.4. The van der Waals surface area contributed by atoms with Crippen LogP contribution in [0.25, 0.3) is 10.8 Å². The van der Waals surface area contributed by atoms with Gasteiger partial charge in [0.1, 0.15) is 0 Å². The van der Waals surface area contributed by atoms with Gasteiger partial charge in [0.25, 0.3) is 0 Å². The highest BCUT2D eigenvalue weighted by atomic mass is 19.1. The molecular weight excluding hydrogens is 355 g/mol. The number of carbonyl (C=O) groups is 1.